The Morgan fingerprint density at radius 3 is 2.78 bits per heavy atom. The van der Waals surface area contributed by atoms with Gasteiger partial charge in [0.05, 0.1) is 0 Å². The number of nitrogens with one attached hydrogen (secondary N) is 1. The summed E-state index contributed by atoms with van der Waals surface area (Å²) in [5.74, 6) is 1.58. The average molecular weight is 244 g/mol. The topological polar surface area (TPSA) is 45.0 Å². The summed E-state index contributed by atoms with van der Waals surface area (Å²) in [7, 11) is 0. The zero-order chi connectivity index (χ0) is 12.8. The first-order valence-corrected chi connectivity index (χ1v) is 6.64. The number of nitriles is 1. The molecule has 0 saturated heterocycles. The molecule has 0 aliphatic heterocycles. The molecule has 2 rings (SSSR count). The Morgan fingerprint density at radius 1 is 1.33 bits per heavy atom. The molecular weight excluding hydrogens is 224 g/mol. The zero-order valence-corrected chi connectivity index (χ0v) is 10.9. The predicted octanol–water partition coefficient (Wildman–Crippen LogP) is 3.58. The number of rotatable bonds is 4. The van der Waals surface area contributed by atoms with Gasteiger partial charge in [-0.1, -0.05) is 19.8 Å². The fourth-order valence-electron chi connectivity index (χ4n) is 2.56. The maximum absolute atomic E-state index is 8.44. The molecule has 18 heavy (non-hydrogen) atoms. The van der Waals surface area contributed by atoms with Crippen LogP contribution in [0.5, 0.6) is 5.75 Å². The van der Waals surface area contributed by atoms with Crippen LogP contribution in [0.2, 0.25) is 0 Å². The van der Waals surface area contributed by atoms with Gasteiger partial charge >= 0.3 is 0 Å². The van der Waals surface area contributed by atoms with E-state index in [9.17, 15) is 0 Å². The van der Waals surface area contributed by atoms with Crippen molar-refractivity contribution in [2.24, 2.45) is 5.92 Å². The Hall–Kier alpha value is -1.69. The van der Waals surface area contributed by atoms with E-state index in [4.69, 9.17) is 10.00 Å². The van der Waals surface area contributed by atoms with Crippen molar-refractivity contribution < 1.29 is 4.74 Å². The molecular formula is C15H20N2O. The van der Waals surface area contributed by atoms with Crippen molar-refractivity contribution in [1.82, 2.24) is 0 Å². The maximum Gasteiger partial charge on any atom is 0.174 e. The van der Waals surface area contributed by atoms with Crippen molar-refractivity contribution in [3.8, 4) is 11.8 Å². The lowest BCUT2D eigenvalue weighted by atomic mass is 9.87. The summed E-state index contributed by atoms with van der Waals surface area (Å²) in [4.78, 5) is 0. The molecule has 1 aliphatic rings. The van der Waals surface area contributed by atoms with Crippen LogP contribution in [0.3, 0.4) is 0 Å². The maximum atomic E-state index is 8.44. The minimum Gasteiger partial charge on any atom is -0.479 e. The molecule has 96 valence electrons. The van der Waals surface area contributed by atoms with Crippen LogP contribution in [0.1, 0.15) is 32.6 Å². The van der Waals surface area contributed by atoms with Gasteiger partial charge in [0.2, 0.25) is 0 Å². The molecule has 1 aromatic carbocycles. The molecule has 1 N–H and O–H groups in total. The molecule has 0 bridgehead atoms. The van der Waals surface area contributed by atoms with Crippen LogP contribution in [-0.4, -0.2) is 12.6 Å². The minimum atomic E-state index is 0.104. The molecule has 3 heteroatoms. The summed E-state index contributed by atoms with van der Waals surface area (Å²) in [6, 6.07) is 10.4. The Balaban J connectivity index is 1.87. The second-order valence-electron chi connectivity index (χ2n) is 5.08. The van der Waals surface area contributed by atoms with E-state index in [2.05, 4.69) is 12.2 Å². The molecule has 0 spiro atoms. The fraction of sp³-hybridized carbons (Fsp3) is 0.533. The average Bonchev–Trinajstić information content (AvgIpc) is 2.38. The van der Waals surface area contributed by atoms with E-state index in [0.29, 0.717) is 6.04 Å². The molecule has 1 fully saturated rings. The second kappa shape index (κ2) is 6.30. The van der Waals surface area contributed by atoms with E-state index in [1.54, 1.807) is 0 Å². The monoisotopic (exact) mass is 244 g/mol. The first kappa shape index (κ1) is 12.8. The van der Waals surface area contributed by atoms with Crippen LogP contribution in [0, 0.1) is 17.2 Å². The molecule has 2 atom stereocenters. The van der Waals surface area contributed by atoms with Crippen LogP contribution in [0.25, 0.3) is 0 Å². The highest BCUT2D eigenvalue weighted by atomic mass is 16.5. The van der Waals surface area contributed by atoms with Crippen molar-refractivity contribution >= 4 is 5.69 Å². The quantitative estimate of drug-likeness (QED) is 0.880. The van der Waals surface area contributed by atoms with Crippen molar-refractivity contribution in [3.05, 3.63) is 24.3 Å². The highest BCUT2D eigenvalue weighted by Gasteiger charge is 2.18. The zero-order valence-electron chi connectivity index (χ0n) is 10.9. The SMILES string of the molecule is CC1CCCC(Nc2ccc(OCC#N)cc2)C1. The van der Waals surface area contributed by atoms with E-state index < -0.39 is 0 Å². The molecule has 3 nitrogen and oxygen atoms in total. The van der Waals surface area contributed by atoms with Crippen molar-refractivity contribution in [2.75, 3.05) is 11.9 Å². The van der Waals surface area contributed by atoms with Crippen LogP contribution < -0.4 is 10.1 Å². The van der Waals surface area contributed by atoms with Gasteiger partial charge in [-0.05, 0) is 43.0 Å². The third-order valence-electron chi connectivity index (χ3n) is 3.46. The number of hydrogen-bond donors (Lipinski definition) is 1. The van der Waals surface area contributed by atoms with Gasteiger partial charge in [0, 0.05) is 11.7 Å². The summed E-state index contributed by atoms with van der Waals surface area (Å²) in [6.07, 6.45) is 5.20. The van der Waals surface area contributed by atoms with Gasteiger partial charge in [-0.3, -0.25) is 0 Å². The van der Waals surface area contributed by atoms with Gasteiger partial charge in [0.1, 0.15) is 11.8 Å². The summed E-state index contributed by atoms with van der Waals surface area (Å²) in [5, 5.41) is 12.0. The van der Waals surface area contributed by atoms with Gasteiger partial charge < -0.3 is 10.1 Å². The van der Waals surface area contributed by atoms with Gasteiger partial charge in [-0.25, -0.2) is 0 Å². The van der Waals surface area contributed by atoms with E-state index in [1.807, 2.05) is 30.3 Å². The summed E-state index contributed by atoms with van der Waals surface area (Å²) in [6.45, 7) is 2.43. The van der Waals surface area contributed by atoms with Crippen LogP contribution in [0.4, 0.5) is 5.69 Å². The molecule has 1 saturated carbocycles. The number of ether oxygens (including phenoxy) is 1. The third kappa shape index (κ3) is 3.66. The van der Waals surface area contributed by atoms with Gasteiger partial charge in [-0.15, -0.1) is 0 Å². The van der Waals surface area contributed by atoms with Crippen LogP contribution >= 0.6 is 0 Å². The Labute approximate surface area is 109 Å². The standard InChI is InChI=1S/C15H20N2O/c1-12-3-2-4-14(11-12)17-13-5-7-15(8-6-13)18-10-9-16/h5-8,12,14,17H,2-4,10-11H2,1H3. The van der Waals surface area contributed by atoms with Gasteiger partial charge in [0.15, 0.2) is 6.61 Å². The van der Waals surface area contributed by atoms with Crippen molar-refractivity contribution in [2.45, 2.75) is 38.6 Å². The third-order valence-corrected chi connectivity index (χ3v) is 3.46. The summed E-state index contributed by atoms with van der Waals surface area (Å²) >= 11 is 0. The van der Waals surface area contributed by atoms with E-state index in [0.717, 1.165) is 17.4 Å². The summed E-state index contributed by atoms with van der Waals surface area (Å²) < 4.78 is 5.23. The molecule has 1 aliphatic carbocycles. The number of benzene rings is 1. The second-order valence-corrected chi connectivity index (χ2v) is 5.08. The lowest BCUT2D eigenvalue weighted by Gasteiger charge is -2.28. The largest absolute Gasteiger partial charge is 0.479 e. The Kier molecular flexibility index (Phi) is 4.46. The first-order valence-electron chi connectivity index (χ1n) is 6.64. The smallest absolute Gasteiger partial charge is 0.174 e. The van der Waals surface area contributed by atoms with E-state index in [1.165, 1.54) is 25.7 Å². The molecule has 0 radical (unpaired) electrons. The lowest BCUT2D eigenvalue weighted by molar-refractivity contribution is 0.358. The number of anilines is 1. The molecule has 0 amide bonds. The molecule has 0 heterocycles. The lowest BCUT2D eigenvalue weighted by Crippen LogP contribution is -2.26. The van der Waals surface area contributed by atoms with Gasteiger partial charge in [0.25, 0.3) is 0 Å². The van der Waals surface area contributed by atoms with Crippen molar-refractivity contribution in [1.29, 1.82) is 5.26 Å². The van der Waals surface area contributed by atoms with Crippen LogP contribution in [-0.2, 0) is 0 Å². The summed E-state index contributed by atoms with van der Waals surface area (Å²) in [5.41, 5.74) is 1.14. The normalized spacial score (nSPS) is 23.1. The first-order chi connectivity index (χ1) is 8.78. The van der Waals surface area contributed by atoms with E-state index >= 15 is 0 Å². The number of hydrogen-bond acceptors (Lipinski definition) is 3. The number of nitrogens with zero attached hydrogens (tertiary/aromatic N) is 1. The van der Waals surface area contributed by atoms with Crippen LogP contribution in [0.15, 0.2) is 24.3 Å². The predicted molar refractivity (Wildman–Crippen MR) is 72.6 cm³/mol. The fourth-order valence-corrected chi connectivity index (χ4v) is 2.56. The molecule has 2 unspecified atom stereocenters. The highest BCUT2D eigenvalue weighted by molar-refractivity contribution is 5.47. The minimum absolute atomic E-state index is 0.104. The van der Waals surface area contributed by atoms with Gasteiger partial charge in [-0.2, -0.15) is 5.26 Å². The molecule has 1 aromatic rings. The molecule has 0 aromatic heterocycles. The Morgan fingerprint density at radius 2 is 2.11 bits per heavy atom. The Bertz CT molecular complexity index is 407. The van der Waals surface area contributed by atoms with Crippen molar-refractivity contribution in [3.63, 3.8) is 0 Å². The van der Waals surface area contributed by atoms with E-state index in [-0.39, 0.29) is 6.61 Å². The highest BCUT2D eigenvalue weighted by Crippen LogP contribution is 2.26.